The summed E-state index contributed by atoms with van der Waals surface area (Å²) >= 11 is 0. The molecule has 2 aliphatic rings. The zero-order valence-corrected chi connectivity index (χ0v) is 24.2. The van der Waals surface area contributed by atoms with Crippen molar-refractivity contribution in [2.24, 2.45) is 17.4 Å². The van der Waals surface area contributed by atoms with Crippen molar-refractivity contribution in [2.45, 2.75) is 38.8 Å². The number of benzene rings is 1. The van der Waals surface area contributed by atoms with Crippen molar-refractivity contribution in [3.63, 3.8) is 0 Å². The number of piperazine rings is 1. The van der Waals surface area contributed by atoms with Crippen LogP contribution in [0.15, 0.2) is 41.3 Å². The molecular formula is C27H41ClN8O4. The fraction of sp³-hybridized carbons (Fsp3) is 0.556. The highest BCUT2D eigenvalue weighted by molar-refractivity contribution is 5.89. The maximum atomic E-state index is 12.7. The molecule has 1 unspecified atom stereocenters. The van der Waals surface area contributed by atoms with Crippen molar-refractivity contribution in [1.82, 2.24) is 24.3 Å². The van der Waals surface area contributed by atoms with Crippen LogP contribution in [-0.4, -0.2) is 100 Å². The number of aromatic nitrogens is 2. The zero-order valence-electron chi connectivity index (χ0n) is 23.4. The number of nitrogens with zero attached hydrogens (tertiary/aromatic N) is 5. The van der Waals surface area contributed by atoms with Gasteiger partial charge >= 0.3 is 11.7 Å². The Morgan fingerprint density at radius 1 is 1.10 bits per heavy atom. The lowest BCUT2D eigenvalue weighted by molar-refractivity contribution is -0.137. The Morgan fingerprint density at radius 3 is 2.33 bits per heavy atom. The fourth-order valence-electron chi connectivity index (χ4n) is 4.97. The van der Waals surface area contributed by atoms with Gasteiger partial charge in [0.15, 0.2) is 0 Å². The largest absolute Gasteiger partial charge is 0.489 e. The van der Waals surface area contributed by atoms with E-state index < -0.39 is 11.2 Å². The standard InChI is InChI=1S/C27H40N8O4.ClH/c1-19(17-32-10-8-20(16-28)18-32)39-22-6-4-21(5-7-22)35-11-9-23(31-26(35)38)30-25(37)34-14-12-33(13-15-34)24(36)27(2,3)29;/h4-7,9,11,19-20H,8,10,12-18,28-29H2,1-3H3,(H,30,31,37,38);1H/t19?,20-;/m1./s1. The van der Waals surface area contributed by atoms with Gasteiger partial charge in [-0.3, -0.25) is 19.6 Å². The van der Waals surface area contributed by atoms with Crippen molar-refractivity contribution in [2.75, 3.05) is 57.7 Å². The van der Waals surface area contributed by atoms with E-state index >= 15 is 0 Å². The summed E-state index contributed by atoms with van der Waals surface area (Å²) in [5.74, 6) is 1.31. The molecule has 2 aromatic rings. The highest BCUT2D eigenvalue weighted by Crippen LogP contribution is 2.19. The third kappa shape index (κ3) is 7.94. The van der Waals surface area contributed by atoms with Gasteiger partial charge in [0.25, 0.3) is 0 Å². The molecule has 1 aromatic heterocycles. The van der Waals surface area contributed by atoms with Crippen molar-refractivity contribution < 1.29 is 14.3 Å². The molecule has 3 amide bonds. The molecule has 2 aliphatic heterocycles. The van der Waals surface area contributed by atoms with E-state index in [1.807, 2.05) is 19.1 Å². The molecule has 2 fully saturated rings. The molecule has 0 aliphatic carbocycles. The van der Waals surface area contributed by atoms with Crippen LogP contribution in [0.5, 0.6) is 5.75 Å². The molecule has 2 atom stereocenters. The second-order valence-corrected chi connectivity index (χ2v) is 11.0. The third-order valence-corrected chi connectivity index (χ3v) is 7.11. The first-order valence-electron chi connectivity index (χ1n) is 13.5. The predicted octanol–water partition coefficient (Wildman–Crippen LogP) is 1.12. The van der Waals surface area contributed by atoms with Crippen LogP contribution in [0.4, 0.5) is 10.6 Å². The maximum Gasteiger partial charge on any atom is 0.354 e. The number of hydrogen-bond donors (Lipinski definition) is 3. The van der Waals surface area contributed by atoms with Gasteiger partial charge in [-0.2, -0.15) is 4.98 Å². The number of urea groups is 1. The van der Waals surface area contributed by atoms with Crippen molar-refractivity contribution >= 4 is 30.2 Å². The smallest absolute Gasteiger partial charge is 0.354 e. The number of nitrogens with two attached hydrogens (primary N) is 2. The van der Waals surface area contributed by atoms with Crippen LogP contribution in [0.1, 0.15) is 27.2 Å². The Labute approximate surface area is 241 Å². The van der Waals surface area contributed by atoms with Gasteiger partial charge < -0.3 is 26.0 Å². The number of likely N-dealkylation sites (tertiary alicyclic amines) is 1. The summed E-state index contributed by atoms with van der Waals surface area (Å²) in [5.41, 5.74) is 10.9. The minimum atomic E-state index is -0.952. The summed E-state index contributed by atoms with van der Waals surface area (Å²) < 4.78 is 7.47. The van der Waals surface area contributed by atoms with Gasteiger partial charge in [-0.25, -0.2) is 9.59 Å². The summed E-state index contributed by atoms with van der Waals surface area (Å²) in [6.07, 6.45) is 2.73. The normalized spacial score (nSPS) is 18.7. The van der Waals surface area contributed by atoms with Crippen LogP contribution in [0.25, 0.3) is 5.69 Å². The molecule has 0 radical (unpaired) electrons. The third-order valence-electron chi connectivity index (χ3n) is 7.11. The Kier molecular flexibility index (Phi) is 10.5. The number of halogens is 1. The number of anilines is 1. The number of hydrogen-bond acceptors (Lipinski definition) is 8. The molecule has 0 saturated carbocycles. The Morgan fingerprint density at radius 2 is 1.75 bits per heavy atom. The molecule has 12 nitrogen and oxygen atoms in total. The molecule has 3 heterocycles. The van der Waals surface area contributed by atoms with Gasteiger partial charge in [-0.15, -0.1) is 12.4 Å². The van der Waals surface area contributed by atoms with Gasteiger partial charge in [0.05, 0.1) is 11.2 Å². The highest BCUT2D eigenvalue weighted by atomic mass is 35.5. The van der Waals surface area contributed by atoms with E-state index in [-0.39, 0.29) is 36.3 Å². The van der Waals surface area contributed by atoms with E-state index in [2.05, 4.69) is 15.2 Å². The number of nitrogens with one attached hydrogen (secondary N) is 1. The minimum absolute atomic E-state index is 0. The predicted molar refractivity (Wildman–Crippen MR) is 156 cm³/mol. The number of amides is 3. The van der Waals surface area contributed by atoms with Crippen molar-refractivity contribution in [1.29, 1.82) is 0 Å². The van der Waals surface area contributed by atoms with Gasteiger partial charge in [-0.05, 0) is 76.5 Å². The molecular weight excluding hydrogens is 536 g/mol. The van der Waals surface area contributed by atoms with Gasteiger partial charge in [0.2, 0.25) is 5.91 Å². The summed E-state index contributed by atoms with van der Waals surface area (Å²) in [5, 5.41) is 2.68. The highest BCUT2D eigenvalue weighted by Gasteiger charge is 2.31. The minimum Gasteiger partial charge on any atom is -0.489 e. The van der Waals surface area contributed by atoms with Gasteiger partial charge in [0, 0.05) is 45.5 Å². The average Bonchev–Trinajstić information content (AvgIpc) is 3.36. The lowest BCUT2D eigenvalue weighted by Crippen LogP contribution is -2.58. The van der Waals surface area contributed by atoms with E-state index in [0.29, 0.717) is 37.8 Å². The molecule has 220 valence electrons. The van der Waals surface area contributed by atoms with Crippen molar-refractivity contribution in [3.8, 4) is 11.4 Å². The molecule has 0 spiro atoms. The Bertz CT molecular complexity index is 1210. The second-order valence-electron chi connectivity index (χ2n) is 11.0. The molecule has 40 heavy (non-hydrogen) atoms. The average molecular weight is 577 g/mol. The lowest BCUT2D eigenvalue weighted by atomic mass is 10.1. The monoisotopic (exact) mass is 576 g/mol. The van der Waals surface area contributed by atoms with Crippen LogP contribution < -0.4 is 27.2 Å². The van der Waals surface area contributed by atoms with Crippen LogP contribution in [0, 0.1) is 5.92 Å². The van der Waals surface area contributed by atoms with E-state index in [1.165, 1.54) is 4.57 Å². The maximum absolute atomic E-state index is 12.7. The van der Waals surface area contributed by atoms with Crippen molar-refractivity contribution in [3.05, 3.63) is 47.0 Å². The molecule has 0 bridgehead atoms. The van der Waals surface area contributed by atoms with Crippen LogP contribution >= 0.6 is 12.4 Å². The van der Waals surface area contributed by atoms with Crippen LogP contribution in [0.3, 0.4) is 0 Å². The lowest BCUT2D eigenvalue weighted by Gasteiger charge is -2.37. The van der Waals surface area contributed by atoms with Gasteiger partial charge in [-0.1, -0.05) is 0 Å². The molecule has 2 saturated heterocycles. The first-order valence-corrected chi connectivity index (χ1v) is 13.5. The molecule has 4 rings (SSSR count). The molecule has 5 N–H and O–H groups in total. The van der Waals surface area contributed by atoms with E-state index in [0.717, 1.165) is 38.3 Å². The zero-order chi connectivity index (χ0) is 28.2. The summed E-state index contributed by atoms with van der Waals surface area (Å²) in [7, 11) is 0. The van der Waals surface area contributed by atoms with E-state index in [1.54, 1.807) is 48.0 Å². The fourth-order valence-corrected chi connectivity index (χ4v) is 4.97. The topological polar surface area (TPSA) is 152 Å². The molecule has 1 aromatic carbocycles. The van der Waals surface area contributed by atoms with Gasteiger partial charge in [0.1, 0.15) is 17.7 Å². The number of carbonyl (C=O) groups excluding carboxylic acids is 2. The quantitative estimate of drug-likeness (QED) is 0.423. The van der Waals surface area contributed by atoms with Crippen LogP contribution in [0.2, 0.25) is 0 Å². The number of carbonyl (C=O) groups is 2. The summed E-state index contributed by atoms with van der Waals surface area (Å²) in [4.78, 5) is 47.4. The SMILES string of the molecule is CC(CN1CC[C@H](CN)C1)Oc1ccc(-n2ccc(NC(=O)N3CCN(C(=O)C(C)(C)N)CC3)nc2=O)cc1.Cl. The second kappa shape index (κ2) is 13.4. The Balaban J connectivity index is 0.00000441. The first-order chi connectivity index (χ1) is 18.5. The first kappa shape index (κ1) is 31.3. The van der Waals surface area contributed by atoms with E-state index in [9.17, 15) is 14.4 Å². The number of rotatable bonds is 8. The Hall–Kier alpha value is -3.19. The summed E-state index contributed by atoms with van der Waals surface area (Å²) in [6, 6.07) is 8.46. The van der Waals surface area contributed by atoms with E-state index in [4.69, 9.17) is 16.2 Å². The van der Waals surface area contributed by atoms with Crippen LogP contribution in [-0.2, 0) is 4.79 Å². The molecule has 13 heteroatoms. The number of ether oxygens (including phenoxy) is 1. The summed E-state index contributed by atoms with van der Waals surface area (Å²) in [6.45, 7) is 10.5.